The van der Waals surface area contributed by atoms with Crippen LogP contribution in [0.1, 0.15) is 36.0 Å². The van der Waals surface area contributed by atoms with E-state index in [9.17, 15) is 18.4 Å². The molecule has 2 aromatic rings. The van der Waals surface area contributed by atoms with Crippen LogP contribution < -0.4 is 5.69 Å². The van der Waals surface area contributed by atoms with Gasteiger partial charge >= 0.3 is 5.69 Å². The van der Waals surface area contributed by atoms with Crippen molar-refractivity contribution in [2.24, 2.45) is 0 Å². The van der Waals surface area contributed by atoms with Crippen molar-refractivity contribution < 1.29 is 13.6 Å². The summed E-state index contributed by atoms with van der Waals surface area (Å²) in [6.07, 6.45) is 1.42. The van der Waals surface area contributed by atoms with Crippen molar-refractivity contribution in [3.63, 3.8) is 0 Å². The maximum Gasteiger partial charge on any atom is 0.347 e. The predicted octanol–water partition coefficient (Wildman–Crippen LogP) is 2.55. The molecular formula is C16H17ClF2N4O2S. The Labute approximate surface area is 157 Å². The number of halogens is 3. The molecule has 1 atom stereocenters. The number of nitrogens with zero attached hydrogens (tertiary/aromatic N) is 4. The van der Waals surface area contributed by atoms with Gasteiger partial charge in [-0.25, -0.2) is 18.3 Å². The zero-order valence-electron chi connectivity index (χ0n) is 13.8. The molecule has 0 radical (unpaired) electrons. The second-order valence-electron chi connectivity index (χ2n) is 6.71. The normalized spacial score (nSPS) is 21.8. The number of thiophene rings is 1. The molecule has 1 fully saturated rings. The van der Waals surface area contributed by atoms with E-state index < -0.39 is 24.4 Å². The van der Waals surface area contributed by atoms with Crippen LogP contribution in [0.15, 0.2) is 16.9 Å². The van der Waals surface area contributed by atoms with Crippen molar-refractivity contribution in [2.45, 2.75) is 44.2 Å². The number of likely N-dealkylation sites (tertiary alicyclic amines) is 1. The largest absolute Gasteiger partial charge is 0.347 e. The van der Waals surface area contributed by atoms with Gasteiger partial charge < -0.3 is 4.90 Å². The highest BCUT2D eigenvalue weighted by Crippen LogP contribution is 2.31. The van der Waals surface area contributed by atoms with Crippen molar-refractivity contribution in [1.82, 2.24) is 19.2 Å². The van der Waals surface area contributed by atoms with Gasteiger partial charge in [0.15, 0.2) is 0 Å². The van der Waals surface area contributed by atoms with Gasteiger partial charge in [0.1, 0.15) is 11.9 Å². The van der Waals surface area contributed by atoms with Gasteiger partial charge in [-0.05, 0) is 25.0 Å². The molecule has 0 N–H and O–H groups in total. The second kappa shape index (κ2) is 6.45. The number of hydrogen-bond acceptors (Lipinski definition) is 4. The maximum atomic E-state index is 13.5. The van der Waals surface area contributed by atoms with Gasteiger partial charge in [-0.15, -0.1) is 11.3 Å². The Kier molecular flexibility index (Phi) is 4.38. The van der Waals surface area contributed by atoms with E-state index in [1.165, 1.54) is 25.5 Å². The molecule has 10 heteroatoms. The first-order chi connectivity index (χ1) is 12.3. The SMILES string of the molecule is O=C([C@H]1CCCc2nn(Cc3ccc(Cl)s3)c(=O)n21)N1CCC(F)(F)C1. The summed E-state index contributed by atoms with van der Waals surface area (Å²) in [4.78, 5) is 27.6. The van der Waals surface area contributed by atoms with Crippen molar-refractivity contribution in [2.75, 3.05) is 13.1 Å². The van der Waals surface area contributed by atoms with E-state index in [0.29, 0.717) is 29.4 Å². The fraction of sp³-hybridized carbons (Fsp3) is 0.562. The van der Waals surface area contributed by atoms with Crippen LogP contribution in [-0.4, -0.2) is 44.2 Å². The Morgan fingerprint density at radius 1 is 1.42 bits per heavy atom. The zero-order chi connectivity index (χ0) is 18.5. The smallest absolute Gasteiger partial charge is 0.335 e. The molecule has 0 spiro atoms. The van der Waals surface area contributed by atoms with E-state index in [1.807, 2.05) is 6.07 Å². The fourth-order valence-corrected chi connectivity index (χ4v) is 4.66. The van der Waals surface area contributed by atoms with Crippen molar-refractivity contribution in [3.05, 3.63) is 37.7 Å². The van der Waals surface area contributed by atoms with Crippen LogP contribution in [0.2, 0.25) is 4.34 Å². The molecule has 1 amide bonds. The van der Waals surface area contributed by atoms with Gasteiger partial charge in [0.25, 0.3) is 5.92 Å². The molecule has 0 bridgehead atoms. The topological polar surface area (TPSA) is 60.1 Å². The quantitative estimate of drug-likeness (QED) is 0.792. The third-order valence-electron chi connectivity index (χ3n) is 4.83. The highest BCUT2D eigenvalue weighted by atomic mass is 35.5. The summed E-state index contributed by atoms with van der Waals surface area (Å²) in [6, 6.07) is 2.83. The predicted molar refractivity (Wildman–Crippen MR) is 93.0 cm³/mol. The molecule has 140 valence electrons. The average Bonchev–Trinajstić information content (AvgIpc) is 3.26. The molecule has 2 aromatic heterocycles. The Morgan fingerprint density at radius 3 is 2.88 bits per heavy atom. The van der Waals surface area contributed by atoms with Gasteiger partial charge in [-0.1, -0.05) is 11.6 Å². The summed E-state index contributed by atoms with van der Waals surface area (Å²) in [7, 11) is 0. The minimum Gasteiger partial charge on any atom is -0.335 e. The summed E-state index contributed by atoms with van der Waals surface area (Å²) in [5, 5.41) is 4.35. The van der Waals surface area contributed by atoms with E-state index in [2.05, 4.69) is 5.10 Å². The molecule has 0 aromatic carbocycles. The number of amides is 1. The Morgan fingerprint density at radius 2 is 2.23 bits per heavy atom. The molecule has 0 aliphatic carbocycles. The molecule has 6 nitrogen and oxygen atoms in total. The minimum atomic E-state index is -2.85. The van der Waals surface area contributed by atoms with E-state index >= 15 is 0 Å². The van der Waals surface area contributed by atoms with Gasteiger partial charge in [-0.2, -0.15) is 5.10 Å². The van der Waals surface area contributed by atoms with Crippen LogP contribution in [-0.2, 0) is 17.8 Å². The second-order valence-corrected chi connectivity index (χ2v) is 8.51. The highest BCUT2D eigenvalue weighted by Gasteiger charge is 2.43. The lowest BCUT2D eigenvalue weighted by atomic mass is 10.0. The summed E-state index contributed by atoms with van der Waals surface area (Å²) in [6.45, 7) is -0.276. The summed E-state index contributed by atoms with van der Waals surface area (Å²) in [5.74, 6) is -2.72. The van der Waals surface area contributed by atoms with E-state index in [0.717, 1.165) is 4.88 Å². The number of carbonyl (C=O) groups is 1. The highest BCUT2D eigenvalue weighted by molar-refractivity contribution is 7.16. The lowest BCUT2D eigenvalue weighted by Gasteiger charge is -2.27. The summed E-state index contributed by atoms with van der Waals surface area (Å²) >= 11 is 7.28. The fourth-order valence-electron chi connectivity index (χ4n) is 3.59. The van der Waals surface area contributed by atoms with Crippen LogP contribution in [0, 0.1) is 0 Å². The van der Waals surface area contributed by atoms with E-state index in [4.69, 9.17) is 11.6 Å². The van der Waals surface area contributed by atoms with Crippen LogP contribution in [0.5, 0.6) is 0 Å². The van der Waals surface area contributed by atoms with Crippen molar-refractivity contribution >= 4 is 28.8 Å². The van der Waals surface area contributed by atoms with Crippen LogP contribution in [0.3, 0.4) is 0 Å². The lowest BCUT2D eigenvalue weighted by molar-refractivity contribution is -0.135. The first-order valence-electron chi connectivity index (χ1n) is 8.43. The number of hydrogen-bond donors (Lipinski definition) is 0. The van der Waals surface area contributed by atoms with Crippen LogP contribution in [0.4, 0.5) is 8.78 Å². The van der Waals surface area contributed by atoms with Crippen LogP contribution in [0.25, 0.3) is 0 Å². The number of fused-ring (bicyclic) bond motifs is 1. The molecule has 0 saturated carbocycles. The third kappa shape index (κ3) is 3.18. The third-order valence-corrected chi connectivity index (χ3v) is 6.05. The van der Waals surface area contributed by atoms with E-state index in [-0.39, 0.29) is 25.2 Å². The molecule has 26 heavy (non-hydrogen) atoms. The zero-order valence-corrected chi connectivity index (χ0v) is 15.4. The molecule has 0 unspecified atom stereocenters. The summed E-state index contributed by atoms with van der Waals surface area (Å²) in [5.41, 5.74) is -0.381. The molecule has 2 aliphatic rings. The van der Waals surface area contributed by atoms with E-state index in [1.54, 1.807) is 6.07 Å². The number of aryl methyl sites for hydroxylation is 1. The first kappa shape index (κ1) is 17.7. The molecule has 4 rings (SSSR count). The molecule has 2 aliphatic heterocycles. The monoisotopic (exact) mass is 402 g/mol. The first-order valence-corrected chi connectivity index (χ1v) is 9.62. The average molecular weight is 403 g/mol. The summed E-state index contributed by atoms with van der Waals surface area (Å²) < 4.78 is 30.2. The van der Waals surface area contributed by atoms with Crippen LogP contribution >= 0.6 is 22.9 Å². The lowest BCUT2D eigenvalue weighted by Crippen LogP contribution is -2.42. The number of carbonyl (C=O) groups excluding carboxylic acids is 1. The van der Waals surface area contributed by atoms with Gasteiger partial charge in [-0.3, -0.25) is 9.36 Å². The van der Waals surface area contributed by atoms with Gasteiger partial charge in [0, 0.05) is 24.3 Å². The van der Waals surface area contributed by atoms with Crippen molar-refractivity contribution in [1.29, 1.82) is 0 Å². The molecule has 4 heterocycles. The Balaban J connectivity index is 1.62. The molecule has 1 saturated heterocycles. The van der Waals surface area contributed by atoms with Crippen molar-refractivity contribution in [3.8, 4) is 0 Å². The minimum absolute atomic E-state index is 0.0221. The van der Waals surface area contributed by atoms with Gasteiger partial charge in [0.05, 0.1) is 17.4 Å². The Hall–Kier alpha value is -1.74. The number of rotatable bonds is 3. The Bertz CT molecular complexity index is 906. The van der Waals surface area contributed by atoms with Gasteiger partial charge in [0.2, 0.25) is 5.91 Å². The maximum absolute atomic E-state index is 13.5. The standard InChI is InChI=1S/C16H17ClF2N4O2S/c17-12-5-4-10(26-12)8-22-15(25)23-11(2-1-3-13(23)20-22)14(24)21-7-6-16(18,19)9-21/h4-5,11H,1-3,6-9H2/t11-/m1/s1. The molecular weight excluding hydrogens is 386 g/mol. The number of aromatic nitrogens is 3. The number of alkyl halides is 2.